The van der Waals surface area contributed by atoms with Gasteiger partial charge in [0.2, 0.25) is 0 Å². The van der Waals surface area contributed by atoms with Crippen LogP contribution in [0.3, 0.4) is 0 Å². The zero-order valence-corrected chi connectivity index (χ0v) is 14.4. The van der Waals surface area contributed by atoms with Crippen molar-refractivity contribution in [2.45, 2.75) is 46.7 Å². The van der Waals surface area contributed by atoms with Gasteiger partial charge >= 0.3 is 0 Å². The van der Waals surface area contributed by atoms with Crippen LogP contribution >= 0.6 is 0 Å². The van der Waals surface area contributed by atoms with Crippen LogP contribution in [-0.4, -0.2) is 31.3 Å². The highest BCUT2D eigenvalue weighted by Gasteiger charge is 2.10. The Balaban J connectivity index is 2.70. The monoisotopic (exact) mass is 307 g/mol. The van der Waals surface area contributed by atoms with E-state index in [1.165, 1.54) is 0 Å². The van der Waals surface area contributed by atoms with E-state index in [1.54, 1.807) is 0 Å². The highest BCUT2D eigenvalue weighted by atomic mass is 16.5. The van der Waals surface area contributed by atoms with Gasteiger partial charge in [0.15, 0.2) is 5.96 Å². The second kappa shape index (κ2) is 8.63. The highest BCUT2D eigenvalue weighted by molar-refractivity contribution is 5.78. The maximum Gasteiger partial charge on any atom is 0.189 e. The third kappa shape index (κ3) is 7.31. The smallest absolute Gasteiger partial charge is 0.189 e. The van der Waals surface area contributed by atoms with E-state index in [2.05, 4.69) is 10.3 Å². The largest absolute Gasteiger partial charge is 0.491 e. The van der Waals surface area contributed by atoms with E-state index in [9.17, 15) is 0 Å². The minimum Gasteiger partial charge on any atom is -0.491 e. The Kier molecular flexibility index (Phi) is 7.18. The molecule has 1 aromatic rings. The average molecular weight is 307 g/mol. The number of aryl methyl sites for hydroxylation is 1. The fourth-order valence-electron chi connectivity index (χ4n) is 1.88. The van der Waals surface area contributed by atoms with Crippen molar-refractivity contribution in [3.05, 3.63) is 29.3 Å². The lowest BCUT2D eigenvalue weighted by atomic mass is 10.1. The van der Waals surface area contributed by atoms with E-state index in [-0.39, 0.29) is 5.54 Å². The van der Waals surface area contributed by atoms with E-state index in [0.29, 0.717) is 32.3 Å². The van der Waals surface area contributed by atoms with Gasteiger partial charge in [-0.3, -0.25) is 0 Å². The normalized spacial score (nSPS) is 12.3. The number of nitrogens with two attached hydrogens (primary N) is 1. The second-order valence-electron chi connectivity index (χ2n) is 6.23. The number of benzene rings is 1. The van der Waals surface area contributed by atoms with Crippen LogP contribution in [0.4, 0.5) is 0 Å². The van der Waals surface area contributed by atoms with Crippen molar-refractivity contribution >= 4 is 5.96 Å². The van der Waals surface area contributed by atoms with Crippen molar-refractivity contribution < 1.29 is 9.47 Å². The van der Waals surface area contributed by atoms with Crippen LogP contribution in [0.25, 0.3) is 0 Å². The highest BCUT2D eigenvalue weighted by Crippen LogP contribution is 2.21. The van der Waals surface area contributed by atoms with E-state index < -0.39 is 0 Å². The zero-order chi connectivity index (χ0) is 16.6. The molecule has 0 aromatic heterocycles. The Morgan fingerprint density at radius 2 is 2.00 bits per heavy atom. The Labute approximate surface area is 133 Å². The van der Waals surface area contributed by atoms with Gasteiger partial charge in [-0.1, -0.05) is 12.1 Å². The van der Waals surface area contributed by atoms with Crippen LogP contribution in [0.2, 0.25) is 0 Å². The average Bonchev–Trinajstić information content (AvgIpc) is 2.41. The van der Waals surface area contributed by atoms with Crippen LogP contribution in [0, 0.1) is 6.92 Å². The van der Waals surface area contributed by atoms with Gasteiger partial charge in [0, 0.05) is 17.7 Å². The Morgan fingerprint density at radius 1 is 1.27 bits per heavy atom. The summed E-state index contributed by atoms with van der Waals surface area (Å²) in [5.41, 5.74) is 7.97. The number of aliphatic imine (C=N–C) groups is 1. The minimum absolute atomic E-state index is 0.0995. The molecule has 0 aliphatic rings. The van der Waals surface area contributed by atoms with Crippen LogP contribution in [0.5, 0.6) is 5.75 Å². The van der Waals surface area contributed by atoms with Gasteiger partial charge in [-0.15, -0.1) is 0 Å². The summed E-state index contributed by atoms with van der Waals surface area (Å²) >= 11 is 0. The molecule has 0 atom stereocenters. The predicted octanol–water partition coefficient (Wildman–Crippen LogP) is 2.61. The molecule has 0 radical (unpaired) electrons. The number of hydrogen-bond donors (Lipinski definition) is 2. The lowest BCUT2D eigenvalue weighted by molar-refractivity contribution is 0.110. The van der Waals surface area contributed by atoms with Crippen LogP contribution in [0.1, 0.15) is 38.8 Å². The number of nitrogens with zero attached hydrogens (tertiary/aromatic N) is 1. The first-order valence-corrected chi connectivity index (χ1v) is 7.70. The van der Waals surface area contributed by atoms with Crippen LogP contribution in [0.15, 0.2) is 23.2 Å². The standard InChI is InChI=1S/C17H29N3O2/c1-6-21-9-10-22-15-11-13(2)7-8-14(15)12-19-16(18)20-17(3,4)5/h7-8,11H,6,9-10,12H2,1-5H3,(H3,18,19,20). The van der Waals surface area contributed by atoms with Gasteiger partial charge in [0.05, 0.1) is 13.2 Å². The molecular weight excluding hydrogens is 278 g/mol. The maximum absolute atomic E-state index is 5.91. The third-order valence-corrected chi connectivity index (χ3v) is 2.83. The lowest BCUT2D eigenvalue weighted by Gasteiger charge is -2.21. The molecule has 0 saturated carbocycles. The molecule has 0 saturated heterocycles. The van der Waals surface area contributed by atoms with Gasteiger partial charge in [-0.2, -0.15) is 0 Å². The predicted molar refractivity (Wildman–Crippen MR) is 91.4 cm³/mol. The molecule has 0 heterocycles. The van der Waals surface area contributed by atoms with E-state index >= 15 is 0 Å². The SMILES string of the molecule is CCOCCOc1cc(C)ccc1CN=C(N)NC(C)(C)C. The zero-order valence-electron chi connectivity index (χ0n) is 14.4. The molecule has 0 fully saturated rings. The number of hydrogen-bond acceptors (Lipinski definition) is 3. The summed E-state index contributed by atoms with van der Waals surface area (Å²) in [6, 6.07) is 6.09. The third-order valence-electron chi connectivity index (χ3n) is 2.83. The topological polar surface area (TPSA) is 68.9 Å². The van der Waals surface area contributed by atoms with Crippen molar-refractivity contribution in [2.75, 3.05) is 19.8 Å². The Hall–Kier alpha value is -1.75. The van der Waals surface area contributed by atoms with Crippen LogP contribution < -0.4 is 15.8 Å². The maximum atomic E-state index is 5.91. The van der Waals surface area contributed by atoms with E-state index in [4.69, 9.17) is 15.2 Å². The van der Waals surface area contributed by atoms with Crippen LogP contribution in [-0.2, 0) is 11.3 Å². The van der Waals surface area contributed by atoms with Gasteiger partial charge in [-0.05, 0) is 46.2 Å². The molecule has 0 aliphatic heterocycles. The summed E-state index contributed by atoms with van der Waals surface area (Å²) in [4.78, 5) is 4.39. The van der Waals surface area contributed by atoms with Crippen molar-refractivity contribution in [2.24, 2.45) is 10.7 Å². The summed E-state index contributed by atoms with van der Waals surface area (Å²) in [6.45, 7) is 12.4. The van der Waals surface area contributed by atoms with Gasteiger partial charge in [0.1, 0.15) is 12.4 Å². The molecule has 1 rings (SSSR count). The first-order chi connectivity index (χ1) is 10.3. The molecule has 5 nitrogen and oxygen atoms in total. The number of ether oxygens (including phenoxy) is 2. The quantitative estimate of drug-likeness (QED) is 0.461. The molecule has 124 valence electrons. The molecule has 5 heteroatoms. The molecule has 3 N–H and O–H groups in total. The van der Waals surface area contributed by atoms with Gasteiger partial charge in [0.25, 0.3) is 0 Å². The van der Waals surface area contributed by atoms with E-state index in [1.807, 2.05) is 52.8 Å². The number of nitrogens with one attached hydrogen (secondary N) is 1. The fraction of sp³-hybridized carbons (Fsp3) is 0.588. The lowest BCUT2D eigenvalue weighted by Crippen LogP contribution is -2.44. The molecule has 0 unspecified atom stereocenters. The van der Waals surface area contributed by atoms with Crippen molar-refractivity contribution in [3.63, 3.8) is 0 Å². The van der Waals surface area contributed by atoms with Crippen molar-refractivity contribution in [1.82, 2.24) is 5.32 Å². The molecule has 0 spiro atoms. The van der Waals surface area contributed by atoms with Gasteiger partial charge < -0.3 is 20.5 Å². The Bertz CT molecular complexity index is 493. The summed E-state index contributed by atoms with van der Waals surface area (Å²) in [6.07, 6.45) is 0. The molecule has 22 heavy (non-hydrogen) atoms. The molecule has 1 aromatic carbocycles. The summed E-state index contributed by atoms with van der Waals surface area (Å²) < 4.78 is 11.1. The number of rotatable bonds is 7. The Morgan fingerprint density at radius 3 is 2.64 bits per heavy atom. The first-order valence-electron chi connectivity index (χ1n) is 7.70. The minimum atomic E-state index is -0.0995. The molecule has 0 bridgehead atoms. The van der Waals surface area contributed by atoms with Gasteiger partial charge in [-0.25, -0.2) is 4.99 Å². The molecule has 0 aliphatic carbocycles. The summed E-state index contributed by atoms with van der Waals surface area (Å²) in [5, 5.41) is 3.15. The second-order valence-corrected chi connectivity index (χ2v) is 6.23. The number of guanidine groups is 1. The van der Waals surface area contributed by atoms with Crippen molar-refractivity contribution in [3.8, 4) is 5.75 Å². The molecule has 0 amide bonds. The first kappa shape index (κ1) is 18.3. The fourth-order valence-corrected chi connectivity index (χ4v) is 1.88. The van der Waals surface area contributed by atoms with Crippen molar-refractivity contribution in [1.29, 1.82) is 0 Å². The van der Waals surface area contributed by atoms with E-state index in [0.717, 1.165) is 16.9 Å². The summed E-state index contributed by atoms with van der Waals surface area (Å²) in [5.74, 6) is 1.28. The summed E-state index contributed by atoms with van der Waals surface area (Å²) in [7, 11) is 0. The molecular formula is C17H29N3O2.